The molecule has 5 N–H and O–H groups in total. The molecule has 5 aromatic carbocycles. The fourth-order valence-corrected chi connectivity index (χ4v) is 22.7. The van der Waals surface area contributed by atoms with E-state index < -0.39 is 74.5 Å². The summed E-state index contributed by atoms with van der Waals surface area (Å²) in [5, 5.41) is 34.3. The van der Waals surface area contributed by atoms with E-state index >= 15 is 4.79 Å². The highest BCUT2D eigenvalue weighted by Crippen LogP contribution is 2.70. The van der Waals surface area contributed by atoms with Gasteiger partial charge in [-0.25, -0.2) is 0 Å². The second-order valence-corrected chi connectivity index (χ2v) is 31.7. The van der Waals surface area contributed by atoms with Gasteiger partial charge in [0, 0.05) is 151 Å². The van der Waals surface area contributed by atoms with Crippen molar-refractivity contribution >= 4 is 52.0 Å². The van der Waals surface area contributed by atoms with Crippen LogP contribution in [0.4, 0.5) is 11.4 Å². The molecule has 2 bridgehead atoms. The number of benzene rings is 5. The van der Waals surface area contributed by atoms with Gasteiger partial charge in [-0.05, 0) is 137 Å². The summed E-state index contributed by atoms with van der Waals surface area (Å²) in [6.45, 7) is 18.6. The number of hydrogen-bond acceptors (Lipinski definition) is 17. The summed E-state index contributed by atoms with van der Waals surface area (Å²) < 4.78 is 30.7. The first kappa shape index (κ1) is 71.8. The van der Waals surface area contributed by atoms with Gasteiger partial charge in [-0.2, -0.15) is 0 Å². The highest BCUT2D eigenvalue weighted by Gasteiger charge is 2.80. The molecule has 4 fully saturated rings. The van der Waals surface area contributed by atoms with E-state index in [1.807, 2.05) is 70.4 Å². The topological polar surface area (TPSA) is 228 Å². The molecule has 2 aliphatic carbocycles. The molecule has 2 spiro atoms. The first-order valence-electron chi connectivity index (χ1n) is 37.7. The van der Waals surface area contributed by atoms with Crippen molar-refractivity contribution in [3.05, 3.63) is 189 Å². The molecule has 9 heterocycles. The van der Waals surface area contributed by atoms with Gasteiger partial charge in [0.25, 0.3) is 11.8 Å². The number of rotatable bonds is 15. The number of nitrogens with one attached hydrogen (secondary N) is 3. The maximum absolute atomic E-state index is 15.5. The Hall–Kier alpha value is -8.79. The Morgan fingerprint density at radius 3 is 1.69 bits per heavy atom. The SMILES string of the molecule is CCC1=C[C@@H]2CN(CCc3c([nH]c4ccccc34)[C@@](C(=O)OC)(c3cc4c(cc3OC)N(C)[C@H]3[C@@](O)(CNC(=O)c5ccc(C)cc5)[C@H](OC(C)=O)[C@]5(CC)C=CCN6CC[C@]43C65)C2)C1.CC[C@]12C=CCN3CC[C@@]4(c5ccc(OC)cc5N(C)[C@H]4[C@@](O)(CNC(=O)c4ccc(C)cc4)[C@@H]1OC(C)=O)C32. The molecule has 0 radical (unpaired) electrons. The molecular weight excluding hydrogens is 1320 g/mol. The predicted octanol–water partition coefficient (Wildman–Crippen LogP) is 9.57. The summed E-state index contributed by atoms with van der Waals surface area (Å²) in [6.07, 6.45) is 14.0. The lowest BCUT2D eigenvalue weighted by atomic mass is 9.47. The number of anilines is 2. The zero-order valence-corrected chi connectivity index (χ0v) is 62.8. The fourth-order valence-electron chi connectivity index (χ4n) is 22.7. The van der Waals surface area contributed by atoms with Crippen LogP contribution in [0.3, 0.4) is 0 Å². The van der Waals surface area contributed by atoms with Crippen molar-refractivity contribution in [2.75, 3.05) is 104 Å². The molecule has 10 aliphatic rings. The van der Waals surface area contributed by atoms with Crippen LogP contribution in [-0.2, 0) is 51.3 Å². The second-order valence-electron chi connectivity index (χ2n) is 31.7. The average molecular weight is 1430 g/mol. The number of amides is 2. The molecule has 2 saturated carbocycles. The Kier molecular flexibility index (Phi) is 18.2. The van der Waals surface area contributed by atoms with Crippen molar-refractivity contribution in [3.63, 3.8) is 0 Å². The number of aryl methyl sites for hydroxylation is 2. The van der Waals surface area contributed by atoms with Gasteiger partial charge < -0.3 is 59.3 Å². The minimum atomic E-state index is -1.80. The largest absolute Gasteiger partial charge is 0.497 e. The van der Waals surface area contributed by atoms with E-state index in [0.717, 1.165) is 120 Å². The number of hydrogen-bond donors (Lipinski definition) is 5. The van der Waals surface area contributed by atoms with Crippen LogP contribution < -0.4 is 29.9 Å². The molecule has 20 nitrogen and oxygen atoms in total. The van der Waals surface area contributed by atoms with Gasteiger partial charge >= 0.3 is 17.9 Å². The van der Waals surface area contributed by atoms with Crippen molar-refractivity contribution < 1.29 is 57.9 Å². The number of fused-ring (bicyclic) bond motifs is 7. The van der Waals surface area contributed by atoms with E-state index in [1.54, 1.807) is 38.5 Å². The quantitative estimate of drug-likeness (QED) is 0.0366. The summed E-state index contributed by atoms with van der Waals surface area (Å²) >= 11 is 0. The fraction of sp³-hybridized carbons (Fsp3) is 0.494. The highest BCUT2D eigenvalue weighted by molar-refractivity contribution is 5.96. The third kappa shape index (κ3) is 10.6. The number of ether oxygens (including phenoxy) is 5. The third-order valence-corrected chi connectivity index (χ3v) is 26.6. The van der Waals surface area contributed by atoms with Gasteiger partial charge in [0.15, 0.2) is 0 Å². The van der Waals surface area contributed by atoms with E-state index in [1.165, 1.54) is 32.1 Å². The van der Waals surface area contributed by atoms with Crippen LogP contribution in [0, 0.1) is 30.6 Å². The van der Waals surface area contributed by atoms with Gasteiger partial charge in [0.05, 0.1) is 46.5 Å². The number of carbonyl (C=O) groups is 5. The number of H-pyrrole nitrogens is 1. The zero-order valence-electron chi connectivity index (χ0n) is 62.8. The van der Waals surface area contributed by atoms with Gasteiger partial charge in [-0.1, -0.05) is 116 Å². The molecule has 8 aliphatic heterocycles. The molecule has 2 amide bonds. The summed E-state index contributed by atoms with van der Waals surface area (Å²) in [5.41, 5.74) is 4.66. The summed E-state index contributed by atoms with van der Waals surface area (Å²) in [5.74, 6) is -0.595. The number of aromatic nitrogens is 1. The number of esters is 3. The Balaban J connectivity index is 0.000000189. The van der Waals surface area contributed by atoms with E-state index in [9.17, 15) is 29.4 Å². The Labute approximate surface area is 616 Å². The average Bonchev–Trinajstić information content (AvgIpc) is 1.47. The first-order valence-corrected chi connectivity index (χ1v) is 37.7. The molecule has 554 valence electrons. The lowest BCUT2D eigenvalue weighted by Gasteiger charge is -2.64. The predicted molar refractivity (Wildman–Crippen MR) is 403 cm³/mol. The Morgan fingerprint density at radius 2 is 1.17 bits per heavy atom. The molecule has 15 atom stereocenters. The van der Waals surface area contributed by atoms with Gasteiger partial charge in [0.2, 0.25) is 0 Å². The van der Waals surface area contributed by atoms with Crippen LogP contribution >= 0.6 is 0 Å². The van der Waals surface area contributed by atoms with E-state index in [2.05, 4.69) is 128 Å². The van der Waals surface area contributed by atoms with Crippen molar-refractivity contribution in [3.8, 4) is 11.5 Å². The number of aliphatic hydroxyl groups is 2. The van der Waals surface area contributed by atoms with Crippen LogP contribution in [0.15, 0.2) is 139 Å². The molecular formula is C85H102N8O12. The van der Waals surface area contributed by atoms with Gasteiger partial charge in [-0.15, -0.1) is 0 Å². The second kappa shape index (κ2) is 26.6. The van der Waals surface area contributed by atoms with Crippen LogP contribution in [-0.4, -0.2) is 202 Å². The molecule has 6 aromatic rings. The van der Waals surface area contributed by atoms with Crippen LogP contribution in [0.25, 0.3) is 10.9 Å². The van der Waals surface area contributed by atoms with Gasteiger partial charge in [-0.3, -0.25) is 38.7 Å². The van der Waals surface area contributed by atoms with Crippen molar-refractivity contribution in [1.29, 1.82) is 0 Å². The van der Waals surface area contributed by atoms with Gasteiger partial charge in [0.1, 0.15) is 40.3 Å². The monoisotopic (exact) mass is 1430 g/mol. The van der Waals surface area contributed by atoms with Crippen LogP contribution in [0.1, 0.15) is 133 Å². The number of para-hydroxylation sites is 1. The highest BCUT2D eigenvalue weighted by atomic mass is 16.6. The smallest absolute Gasteiger partial charge is 0.322 e. The molecule has 2 saturated heterocycles. The zero-order chi connectivity index (χ0) is 74.1. The lowest BCUT2D eigenvalue weighted by molar-refractivity contribution is -0.216. The maximum Gasteiger partial charge on any atom is 0.322 e. The van der Waals surface area contributed by atoms with E-state index in [-0.39, 0.29) is 48.9 Å². The number of nitrogens with zero attached hydrogens (tertiary/aromatic N) is 5. The standard InChI is InChI=1S/C53H63N5O7.C32H39N3O5/c1-8-34-25-35-28-52(49(61)64-7,44-38(19-23-57(29-34)30-35)37-13-10-11-14-41(37)55-44)40-26-39-42(27-43(40)63-6)56(5)47-51(39)21-24-58-22-12-20-50(9-2,46(51)58)48(65-33(4)59)53(47,62)31-54-45(60)36-17-15-32(3)16-18-36;1-6-30-14-7-16-35-17-15-31(27(30)35)24-13-12-23(39-5)18-25(24)34(4)28(31)32(38,29(30)40-21(3)36)19-33-26(37)22-10-8-20(2)9-11-22/h10-18,20,25-27,35,46-48,55,62H,8-9,19,21-24,28-31H2,1-7H3,(H,54,60);7-14,18,27-29,38H,6,15-17,19H2,1-5H3,(H,33,37)/t35-,46?,47+,48+,50+,51+,52-,53-;27?,28-,29-,30-,31-,32+/m01/s1. The minimum Gasteiger partial charge on any atom is -0.497 e. The number of aromatic amines is 1. The molecule has 3 unspecified atom stereocenters. The summed E-state index contributed by atoms with van der Waals surface area (Å²) in [7, 11) is 8.79. The Morgan fingerprint density at radius 1 is 0.629 bits per heavy atom. The molecule has 1 aromatic heterocycles. The van der Waals surface area contributed by atoms with Crippen molar-refractivity contribution in [2.45, 2.75) is 157 Å². The maximum atomic E-state index is 15.5. The summed E-state index contributed by atoms with van der Waals surface area (Å²) in [4.78, 5) is 84.5. The van der Waals surface area contributed by atoms with Crippen molar-refractivity contribution in [2.24, 2.45) is 16.7 Å². The van der Waals surface area contributed by atoms with Crippen LogP contribution in [0.2, 0.25) is 0 Å². The normalized spacial score (nSPS) is 32.8. The molecule has 105 heavy (non-hydrogen) atoms. The number of likely N-dealkylation sites (N-methyl/N-ethyl adjacent to an activating group) is 2. The molecule has 20 heteroatoms. The number of carbonyl (C=O) groups excluding carboxylic acids is 5. The van der Waals surface area contributed by atoms with Crippen molar-refractivity contribution in [1.82, 2.24) is 30.3 Å². The minimum absolute atomic E-state index is 0.00881. The van der Waals surface area contributed by atoms with E-state index in [0.29, 0.717) is 49.1 Å². The summed E-state index contributed by atoms with van der Waals surface area (Å²) in [6, 6.07) is 32.1. The molecule has 16 rings (SSSR count). The Bertz CT molecular complexity index is 4550. The van der Waals surface area contributed by atoms with Crippen LogP contribution in [0.5, 0.6) is 11.5 Å². The third-order valence-electron chi connectivity index (χ3n) is 26.6. The number of methoxy groups -OCH3 is 3. The lowest BCUT2D eigenvalue weighted by Crippen LogP contribution is -2.81. The first-order chi connectivity index (χ1) is 50.4. The van der Waals surface area contributed by atoms with E-state index in [4.69, 9.17) is 23.7 Å².